The van der Waals surface area contributed by atoms with Crippen LogP contribution in [0.4, 0.5) is 4.39 Å². The van der Waals surface area contributed by atoms with Crippen LogP contribution in [0.3, 0.4) is 0 Å². The zero-order valence-corrected chi connectivity index (χ0v) is 18.9. The van der Waals surface area contributed by atoms with Crippen molar-refractivity contribution in [2.75, 3.05) is 0 Å². The lowest BCUT2D eigenvalue weighted by Crippen LogP contribution is -2.38. The minimum Gasteiger partial charge on any atom is -0.344 e. The van der Waals surface area contributed by atoms with E-state index in [1.807, 2.05) is 18.2 Å². The van der Waals surface area contributed by atoms with Gasteiger partial charge in [0.25, 0.3) is 0 Å². The molecule has 0 spiro atoms. The number of benzene rings is 1. The van der Waals surface area contributed by atoms with Gasteiger partial charge in [-0.1, -0.05) is 31.2 Å². The summed E-state index contributed by atoms with van der Waals surface area (Å²) < 4.78 is 15.8. The van der Waals surface area contributed by atoms with E-state index in [2.05, 4.69) is 55.5 Å². The number of aromatic nitrogens is 4. The molecule has 0 radical (unpaired) electrons. The Morgan fingerprint density at radius 2 is 1.86 bits per heavy atom. The SMILES string of the molecule is C[Si](C)(C)c1cc(F)c(-c2[nH]cnc2-c2ccc3ncc(Br)cc3n2)cc1Cl. The first-order valence-corrected chi connectivity index (χ1v) is 13.4. The highest BCUT2D eigenvalue weighted by Crippen LogP contribution is 2.32. The molecule has 1 aromatic carbocycles. The number of halogens is 3. The van der Waals surface area contributed by atoms with Gasteiger partial charge in [0.1, 0.15) is 11.5 Å². The smallest absolute Gasteiger partial charge is 0.132 e. The first-order chi connectivity index (χ1) is 13.2. The summed E-state index contributed by atoms with van der Waals surface area (Å²) >= 11 is 9.91. The highest BCUT2D eigenvalue weighted by molar-refractivity contribution is 9.10. The van der Waals surface area contributed by atoms with Crippen molar-refractivity contribution in [3.63, 3.8) is 0 Å². The topological polar surface area (TPSA) is 54.5 Å². The van der Waals surface area contributed by atoms with Crippen molar-refractivity contribution in [2.24, 2.45) is 0 Å². The Kier molecular flexibility index (Phi) is 4.85. The Morgan fingerprint density at radius 3 is 2.61 bits per heavy atom. The molecule has 0 saturated heterocycles. The Hall–Kier alpha value is -2.09. The molecule has 4 nitrogen and oxygen atoms in total. The number of aromatic amines is 1. The molecule has 0 unspecified atom stereocenters. The molecule has 142 valence electrons. The van der Waals surface area contributed by atoms with Gasteiger partial charge in [0.2, 0.25) is 0 Å². The summed E-state index contributed by atoms with van der Waals surface area (Å²) in [5.74, 6) is -0.322. The van der Waals surface area contributed by atoms with Crippen LogP contribution >= 0.6 is 27.5 Å². The average molecular weight is 476 g/mol. The fourth-order valence-corrected chi connectivity index (χ4v) is 5.80. The summed E-state index contributed by atoms with van der Waals surface area (Å²) in [5, 5.41) is 1.48. The van der Waals surface area contributed by atoms with Crippen LogP contribution in [0.15, 0.2) is 47.3 Å². The summed E-state index contributed by atoms with van der Waals surface area (Å²) in [7, 11) is -1.75. The molecular formula is C20H17BrClFN4Si. The molecule has 0 saturated carbocycles. The number of imidazole rings is 1. The number of fused-ring (bicyclic) bond motifs is 1. The number of pyridine rings is 2. The molecule has 0 bridgehead atoms. The summed E-state index contributed by atoms with van der Waals surface area (Å²) in [5.41, 5.74) is 3.64. The normalized spacial score (nSPS) is 11.9. The molecule has 1 N–H and O–H groups in total. The molecule has 3 aromatic heterocycles. The quantitative estimate of drug-likeness (QED) is 0.382. The number of H-pyrrole nitrogens is 1. The molecule has 0 atom stereocenters. The zero-order valence-electron chi connectivity index (χ0n) is 15.5. The molecule has 0 aliphatic rings. The predicted octanol–water partition coefficient (Wildman–Crippen LogP) is 5.79. The van der Waals surface area contributed by atoms with Crippen LogP contribution in [0.5, 0.6) is 0 Å². The fraction of sp³-hybridized carbons (Fsp3) is 0.150. The largest absolute Gasteiger partial charge is 0.344 e. The van der Waals surface area contributed by atoms with Crippen molar-refractivity contribution in [1.29, 1.82) is 0 Å². The van der Waals surface area contributed by atoms with Crippen molar-refractivity contribution < 1.29 is 4.39 Å². The van der Waals surface area contributed by atoms with Crippen LogP contribution in [-0.4, -0.2) is 28.0 Å². The Balaban J connectivity index is 1.86. The maximum atomic E-state index is 15.0. The van der Waals surface area contributed by atoms with Crippen molar-refractivity contribution in [2.45, 2.75) is 19.6 Å². The summed E-state index contributed by atoms with van der Waals surface area (Å²) in [4.78, 5) is 16.4. The molecular weight excluding hydrogens is 459 g/mol. The summed E-state index contributed by atoms with van der Waals surface area (Å²) in [6, 6.07) is 8.83. The van der Waals surface area contributed by atoms with Crippen LogP contribution in [0.25, 0.3) is 33.7 Å². The van der Waals surface area contributed by atoms with Crippen molar-refractivity contribution in [1.82, 2.24) is 19.9 Å². The second-order valence-corrected chi connectivity index (χ2v) is 13.9. The third-order valence-electron chi connectivity index (χ3n) is 4.52. The molecule has 0 fully saturated rings. The lowest BCUT2D eigenvalue weighted by Gasteiger charge is -2.19. The van der Waals surface area contributed by atoms with Crippen molar-refractivity contribution in [3.05, 3.63) is 58.2 Å². The van der Waals surface area contributed by atoms with E-state index in [9.17, 15) is 0 Å². The summed E-state index contributed by atoms with van der Waals surface area (Å²) in [6.07, 6.45) is 3.26. The highest BCUT2D eigenvalue weighted by atomic mass is 79.9. The molecule has 3 heterocycles. The fourth-order valence-electron chi connectivity index (χ4n) is 3.12. The zero-order chi connectivity index (χ0) is 20.1. The van der Waals surface area contributed by atoms with Gasteiger partial charge in [0.05, 0.1) is 36.8 Å². The number of rotatable bonds is 3. The third kappa shape index (κ3) is 3.50. The predicted molar refractivity (Wildman–Crippen MR) is 118 cm³/mol. The van der Waals surface area contributed by atoms with Gasteiger partial charge >= 0.3 is 0 Å². The maximum absolute atomic E-state index is 15.0. The van der Waals surface area contributed by atoms with Crippen molar-refractivity contribution >= 4 is 51.8 Å². The molecule has 4 aromatic rings. The maximum Gasteiger partial charge on any atom is 0.132 e. The van der Waals surface area contributed by atoms with Gasteiger partial charge in [-0.15, -0.1) is 0 Å². The molecule has 0 aliphatic carbocycles. The van der Waals surface area contributed by atoms with Gasteiger partial charge in [-0.05, 0) is 51.4 Å². The molecule has 28 heavy (non-hydrogen) atoms. The van der Waals surface area contributed by atoms with Gasteiger partial charge in [-0.3, -0.25) is 4.98 Å². The lowest BCUT2D eigenvalue weighted by molar-refractivity contribution is 0.632. The summed E-state index contributed by atoms with van der Waals surface area (Å²) in [6.45, 7) is 6.42. The number of hydrogen-bond acceptors (Lipinski definition) is 3. The first kappa shape index (κ1) is 19.2. The highest BCUT2D eigenvalue weighted by Gasteiger charge is 2.24. The van der Waals surface area contributed by atoms with Gasteiger partial charge in [0, 0.05) is 21.3 Å². The molecule has 0 amide bonds. The monoisotopic (exact) mass is 474 g/mol. The molecule has 0 aliphatic heterocycles. The van der Waals surface area contributed by atoms with E-state index in [1.54, 1.807) is 18.3 Å². The van der Waals surface area contributed by atoms with E-state index in [1.165, 1.54) is 6.33 Å². The van der Waals surface area contributed by atoms with Crippen LogP contribution in [0.1, 0.15) is 0 Å². The van der Waals surface area contributed by atoms with Crippen LogP contribution in [-0.2, 0) is 0 Å². The minimum absolute atomic E-state index is 0.322. The van der Waals surface area contributed by atoms with Crippen molar-refractivity contribution in [3.8, 4) is 22.6 Å². The number of hydrogen-bond donors (Lipinski definition) is 1. The lowest BCUT2D eigenvalue weighted by atomic mass is 10.1. The third-order valence-corrected chi connectivity index (χ3v) is 7.45. The van der Waals surface area contributed by atoms with Crippen LogP contribution in [0, 0.1) is 5.82 Å². The Morgan fingerprint density at radius 1 is 1.07 bits per heavy atom. The molecule has 8 heteroatoms. The van der Waals surface area contributed by atoms with Crippen LogP contribution < -0.4 is 5.19 Å². The Labute approximate surface area is 176 Å². The standard InChI is InChI=1S/C20H17BrClFN4Si/c1-28(2,3)18-8-14(23)12(7-13(18)22)19-20(26-10-25-19)16-5-4-15-17(27-16)6-11(21)9-24-15/h4-10H,1-3H3,(H,25,26). The van der Waals surface area contributed by atoms with E-state index < -0.39 is 8.07 Å². The second-order valence-electron chi connectivity index (χ2n) is 7.58. The minimum atomic E-state index is -1.75. The van der Waals surface area contributed by atoms with E-state index in [0.29, 0.717) is 27.7 Å². The molecule has 4 rings (SSSR count). The van der Waals surface area contributed by atoms with E-state index in [4.69, 9.17) is 11.6 Å². The van der Waals surface area contributed by atoms with Gasteiger partial charge in [0.15, 0.2) is 0 Å². The Bertz CT molecular complexity index is 1200. The second kappa shape index (κ2) is 7.06. The average Bonchev–Trinajstić information content (AvgIpc) is 3.11. The van der Waals surface area contributed by atoms with Gasteiger partial charge in [-0.2, -0.15) is 0 Å². The van der Waals surface area contributed by atoms with Gasteiger partial charge < -0.3 is 4.98 Å². The van der Waals surface area contributed by atoms with E-state index in [0.717, 1.165) is 20.7 Å². The number of nitrogens with zero attached hydrogens (tertiary/aromatic N) is 3. The van der Waals surface area contributed by atoms with E-state index in [-0.39, 0.29) is 5.82 Å². The van der Waals surface area contributed by atoms with Crippen LogP contribution in [0.2, 0.25) is 24.7 Å². The van der Waals surface area contributed by atoms with Gasteiger partial charge in [-0.25, -0.2) is 14.4 Å². The van der Waals surface area contributed by atoms with E-state index >= 15 is 4.39 Å². The first-order valence-electron chi connectivity index (χ1n) is 8.70. The number of nitrogens with one attached hydrogen (secondary N) is 1.